The van der Waals surface area contributed by atoms with Crippen LogP contribution in [0.3, 0.4) is 0 Å². The summed E-state index contributed by atoms with van der Waals surface area (Å²) in [5, 5.41) is 15.3. The molecule has 0 bridgehead atoms. The second-order valence-corrected chi connectivity index (χ2v) is 6.68. The topological polar surface area (TPSA) is 113 Å². The summed E-state index contributed by atoms with van der Waals surface area (Å²) >= 11 is 0. The summed E-state index contributed by atoms with van der Waals surface area (Å²) in [6.07, 6.45) is 9.80. The number of rotatable bonds is 8. The molecule has 1 aliphatic heterocycles. The standard InChI is InChI=1S/C21H24N4O4/c26-14-19-18(25-21(28)16-6-10-23-11-7-16)2-1-17(29-19)13-20(27)24-12-5-15-3-8-22-9-4-15/h1-4,6-11,17-19,26H,5,12-14H2,(H,24,27)(H,25,28)/t17-,18-,19+/m0/s1. The molecular weight excluding hydrogens is 372 g/mol. The lowest BCUT2D eigenvalue weighted by Crippen LogP contribution is -2.49. The molecule has 3 heterocycles. The first-order valence-corrected chi connectivity index (χ1v) is 9.47. The van der Waals surface area contributed by atoms with Crippen LogP contribution in [-0.4, -0.2) is 58.3 Å². The molecule has 0 aliphatic carbocycles. The molecule has 1 aliphatic rings. The Morgan fingerprint density at radius 2 is 1.72 bits per heavy atom. The van der Waals surface area contributed by atoms with Crippen molar-refractivity contribution in [3.8, 4) is 0 Å². The van der Waals surface area contributed by atoms with Crippen LogP contribution >= 0.6 is 0 Å². The van der Waals surface area contributed by atoms with Crippen LogP contribution in [0.15, 0.2) is 61.2 Å². The average molecular weight is 396 g/mol. The van der Waals surface area contributed by atoms with Crippen LogP contribution in [0.4, 0.5) is 0 Å². The van der Waals surface area contributed by atoms with E-state index in [-0.39, 0.29) is 24.8 Å². The van der Waals surface area contributed by atoms with Crippen LogP contribution < -0.4 is 10.6 Å². The molecule has 3 atom stereocenters. The molecule has 2 amide bonds. The number of ether oxygens (including phenoxy) is 1. The zero-order valence-electron chi connectivity index (χ0n) is 15.9. The SMILES string of the molecule is O=C(C[C@@H]1C=C[C@H](NC(=O)c2ccncc2)[C@@H](CO)O1)NCCc1ccncc1. The zero-order valence-corrected chi connectivity index (χ0v) is 15.9. The van der Waals surface area contributed by atoms with Crippen molar-refractivity contribution in [3.05, 3.63) is 72.3 Å². The van der Waals surface area contributed by atoms with E-state index in [1.54, 1.807) is 36.7 Å². The second-order valence-electron chi connectivity index (χ2n) is 6.68. The molecule has 2 aromatic rings. The number of nitrogens with zero attached hydrogens (tertiary/aromatic N) is 2. The molecule has 0 saturated heterocycles. The summed E-state index contributed by atoms with van der Waals surface area (Å²) in [5.41, 5.74) is 1.57. The molecule has 0 spiro atoms. The number of aliphatic hydroxyl groups excluding tert-OH is 1. The summed E-state index contributed by atoms with van der Waals surface area (Å²) in [6, 6.07) is 6.55. The summed E-state index contributed by atoms with van der Waals surface area (Å²) < 4.78 is 5.79. The van der Waals surface area contributed by atoms with E-state index in [2.05, 4.69) is 20.6 Å². The van der Waals surface area contributed by atoms with Gasteiger partial charge in [0.1, 0.15) is 6.10 Å². The molecule has 3 N–H and O–H groups in total. The minimum absolute atomic E-state index is 0.135. The van der Waals surface area contributed by atoms with Gasteiger partial charge >= 0.3 is 0 Å². The van der Waals surface area contributed by atoms with Gasteiger partial charge in [-0.05, 0) is 36.2 Å². The molecule has 29 heavy (non-hydrogen) atoms. The molecule has 0 saturated carbocycles. The quantitative estimate of drug-likeness (QED) is 0.565. The Morgan fingerprint density at radius 1 is 1.03 bits per heavy atom. The number of amides is 2. The highest BCUT2D eigenvalue weighted by atomic mass is 16.5. The van der Waals surface area contributed by atoms with Crippen molar-refractivity contribution in [2.45, 2.75) is 31.1 Å². The van der Waals surface area contributed by atoms with Gasteiger partial charge in [-0.2, -0.15) is 0 Å². The van der Waals surface area contributed by atoms with Crippen LogP contribution in [0.2, 0.25) is 0 Å². The molecule has 2 aromatic heterocycles. The third-order valence-corrected chi connectivity index (χ3v) is 4.58. The fourth-order valence-electron chi connectivity index (χ4n) is 3.02. The van der Waals surface area contributed by atoms with Gasteiger partial charge in [0.2, 0.25) is 5.91 Å². The van der Waals surface area contributed by atoms with Gasteiger partial charge < -0.3 is 20.5 Å². The van der Waals surface area contributed by atoms with Gasteiger partial charge in [-0.25, -0.2) is 0 Å². The van der Waals surface area contributed by atoms with Crippen molar-refractivity contribution in [3.63, 3.8) is 0 Å². The number of nitrogens with one attached hydrogen (secondary N) is 2. The monoisotopic (exact) mass is 396 g/mol. The van der Waals surface area contributed by atoms with Gasteiger partial charge in [0, 0.05) is 36.9 Å². The Kier molecular flexibility index (Phi) is 7.43. The second kappa shape index (κ2) is 10.4. The number of carbonyl (C=O) groups excluding carboxylic acids is 2. The van der Waals surface area contributed by atoms with Gasteiger partial charge in [-0.3, -0.25) is 19.6 Å². The van der Waals surface area contributed by atoms with E-state index < -0.39 is 18.2 Å². The summed E-state index contributed by atoms with van der Waals surface area (Å²) in [4.78, 5) is 32.3. The third-order valence-electron chi connectivity index (χ3n) is 4.58. The predicted octanol–water partition coefficient (Wildman–Crippen LogP) is 0.640. The number of aliphatic hydroxyl groups is 1. The molecule has 3 rings (SSSR count). The van der Waals surface area contributed by atoms with Crippen molar-refractivity contribution in [2.75, 3.05) is 13.2 Å². The van der Waals surface area contributed by atoms with E-state index in [0.717, 1.165) is 12.0 Å². The van der Waals surface area contributed by atoms with Crippen molar-refractivity contribution in [1.82, 2.24) is 20.6 Å². The lowest BCUT2D eigenvalue weighted by molar-refractivity contribution is -0.125. The van der Waals surface area contributed by atoms with Gasteiger partial charge in [0.25, 0.3) is 5.91 Å². The molecule has 0 aromatic carbocycles. The highest BCUT2D eigenvalue weighted by Crippen LogP contribution is 2.16. The minimum Gasteiger partial charge on any atom is -0.394 e. The van der Waals surface area contributed by atoms with Crippen molar-refractivity contribution in [2.24, 2.45) is 0 Å². The molecule has 152 valence electrons. The Labute approximate surface area is 169 Å². The summed E-state index contributed by atoms with van der Waals surface area (Å²) in [5.74, 6) is -0.416. The van der Waals surface area contributed by atoms with Crippen LogP contribution in [0.5, 0.6) is 0 Å². The number of aromatic nitrogens is 2. The zero-order chi connectivity index (χ0) is 20.5. The molecule has 8 heteroatoms. The normalized spacial score (nSPS) is 20.8. The lowest BCUT2D eigenvalue weighted by Gasteiger charge is -2.31. The van der Waals surface area contributed by atoms with Crippen LogP contribution in [-0.2, 0) is 16.0 Å². The van der Waals surface area contributed by atoms with Gasteiger partial charge in [0.15, 0.2) is 0 Å². The third kappa shape index (κ3) is 6.20. The molecule has 0 radical (unpaired) electrons. The van der Waals surface area contributed by atoms with Gasteiger partial charge in [0.05, 0.1) is 25.2 Å². The molecular formula is C21H24N4O4. The highest BCUT2D eigenvalue weighted by molar-refractivity contribution is 5.94. The number of hydrogen-bond donors (Lipinski definition) is 3. The van der Waals surface area contributed by atoms with Crippen LogP contribution in [0.1, 0.15) is 22.3 Å². The van der Waals surface area contributed by atoms with Crippen LogP contribution in [0.25, 0.3) is 0 Å². The Hall–Kier alpha value is -3.10. The molecule has 8 nitrogen and oxygen atoms in total. The Bertz CT molecular complexity index is 829. The number of hydrogen-bond acceptors (Lipinski definition) is 6. The van der Waals surface area contributed by atoms with Crippen molar-refractivity contribution < 1.29 is 19.4 Å². The Morgan fingerprint density at radius 3 is 2.41 bits per heavy atom. The predicted molar refractivity (Wildman–Crippen MR) is 106 cm³/mol. The first-order valence-electron chi connectivity index (χ1n) is 9.47. The van der Waals surface area contributed by atoms with E-state index >= 15 is 0 Å². The fraction of sp³-hybridized carbons (Fsp3) is 0.333. The van der Waals surface area contributed by atoms with Crippen molar-refractivity contribution >= 4 is 11.8 Å². The van der Waals surface area contributed by atoms with E-state index in [0.29, 0.717) is 12.1 Å². The van der Waals surface area contributed by atoms with Gasteiger partial charge in [-0.1, -0.05) is 12.2 Å². The maximum atomic E-state index is 12.3. The first-order chi connectivity index (χ1) is 14.2. The van der Waals surface area contributed by atoms with Crippen LogP contribution in [0, 0.1) is 0 Å². The fourth-order valence-corrected chi connectivity index (χ4v) is 3.02. The van der Waals surface area contributed by atoms with E-state index in [1.165, 1.54) is 12.4 Å². The highest BCUT2D eigenvalue weighted by Gasteiger charge is 2.29. The maximum Gasteiger partial charge on any atom is 0.251 e. The van der Waals surface area contributed by atoms with E-state index in [1.807, 2.05) is 12.1 Å². The summed E-state index contributed by atoms with van der Waals surface area (Å²) in [6.45, 7) is 0.249. The maximum absolute atomic E-state index is 12.3. The average Bonchev–Trinajstić information content (AvgIpc) is 2.76. The first kappa shape index (κ1) is 20.6. The van der Waals surface area contributed by atoms with E-state index in [4.69, 9.17) is 4.74 Å². The molecule has 0 unspecified atom stereocenters. The minimum atomic E-state index is -0.625. The summed E-state index contributed by atoms with van der Waals surface area (Å²) in [7, 11) is 0. The lowest BCUT2D eigenvalue weighted by atomic mass is 10.0. The number of pyridine rings is 2. The number of carbonyl (C=O) groups is 2. The largest absolute Gasteiger partial charge is 0.394 e. The molecule has 0 fully saturated rings. The smallest absolute Gasteiger partial charge is 0.251 e. The Balaban J connectivity index is 1.47. The van der Waals surface area contributed by atoms with E-state index in [9.17, 15) is 14.7 Å². The van der Waals surface area contributed by atoms with Gasteiger partial charge in [-0.15, -0.1) is 0 Å². The van der Waals surface area contributed by atoms with Crippen molar-refractivity contribution in [1.29, 1.82) is 0 Å².